The van der Waals surface area contributed by atoms with E-state index in [0.717, 1.165) is 10.0 Å². The predicted octanol–water partition coefficient (Wildman–Crippen LogP) is 4.96. The van der Waals surface area contributed by atoms with Gasteiger partial charge in [0.05, 0.1) is 5.56 Å². The van der Waals surface area contributed by atoms with Gasteiger partial charge >= 0.3 is 5.97 Å². The second-order valence-corrected chi connectivity index (χ2v) is 5.59. The molecule has 0 heterocycles. The van der Waals surface area contributed by atoms with E-state index in [1.165, 1.54) is 0 Å². The molecule has 0 spiro atoms. The Morgan fingerprint density at radius 3 is 2.42 bits per heavy atom. The molecule has 1 fully saturated rings. The molecule has 0 atom stereocenters. The van der Waals surface area contributed by atoms with Crippen molar-refractivity contribution in [3.05, 3.63) is 45.5 Å². The van der Waals surface area contributed by atoms with E-state index < -0.39 is 12.0 Å². The zero-order chi connectivity index (χ0) is 14.0. The van der Waals surface area contributed by atoms with Gasteiger partial charge in [-0.25, -0.2) is 4.79 Å². The number of hydrogen-bond donors (Lipinski definition) is 1. The summed E-state index contributed by atoms with van der Waals surface area (Å²) < 4.78 is 25.8. The molecule has 19 heavy (non-hydrogen) atoms. The maximum absolute atomic E-state index is 12.5. The summed E-state index contributed by atoms with van der Waals surface area (Å²) >= 11 is 3.32. The van der Waals surface area contributed by atoms with E-state index in [9.17, 15) is 18.7 Å². The van der Waals surface area contributed by atoms with Gasteiger partial charge in [0.1, 0.15) is 0 Å². The number of hydrogen-bond acceptors (Lipinski definition) is 1. The number of halogens is 3. The molecule has 1 saturated carbocycles. The molecule has 0 amide bonds. The van der Waals surface area contributed by atoms with E-state index in [0.29, 0.717) is 25.7 Å². The lowest BCUT2D eigenvalue weighted by Crippen LogP contribution is -2.12. The Kier molecular flexibility index (Phi) is 4.34. The van der Waals surface area contributed by atoms with E-state index in [1.807, 2.05) is 0 Å². The van der Waals surface area contributed by atoms with Crippen LogP contribution in [0.5, 0.6) is 0 Å². The summed E-state index contributed by atoms with van der Waals surface area (Å²) in [5.41, 5.74) is 1.21. The highest BCUT2D eigenvalue weighted by Gasteiger charge is 2.24. The summed E-state index contributed by atoms with van der Waals surface area (Å²) in [6, 6.07) is 5.03. The minimum atomic E-state index is -1.58. The van der Waals surface area contributed by atoms with Crippen LogP contribution in [0, 0.1) is 0 Å². The fourth-order valence-corrected chi connectivity index (χ4v) is 2.91. The summed E-state index contributed by atoms with van der Waals surface area (Å²) in [4.78, 5) is 11.2. The number of carboxylic acids is 1. The topological polar surface area (TPSA) is 37.3 Å². The van der Waals surface area contributed by atoms with Gasteiger partial charge in [0.15, 0.2) is 0 Å². The van der Waals surface area contributed by atoms with E-state index in [4.69, 9.17) is 0 Å². The van der Waals surface area contributed by atoms with E-state index in [1.54, 1.807) is 18.2 Å². The molecule has 1 aromatic rings. The Balaban J connectivity index is 2.26. The molecule has 0 aromatic heterocycles. The second-order valence-electron chi connectivity index (χ2n) is 4.67. The van der Waals surface area contributed by atoms with Crippen molar-refractivity contribution in [2.24, 2.45) is 0 Å². The maximum Gasteiger partial charge on any atom is 0.335 e. The number of carbonyl (C=O) groups is 1. The highest BCUT2D eigenvalue weighted by atomic mass is 79.9. The van der Waals surface area contributed by atoms with Crippen molar-refractivity contribution in [3.63, 3.8) is 0 Å². The Morgan fingerprint density at radius 2 is 1.89 bits per heavy atom. The third-order valence-electron chi connectivity index (χ3n) is 3.54. The lowest BCUT2D eigenvalue weighted by Gasteiger charge is -2.25. The van der Waals surface area contributed by atoms with Crippen LogP contribution in [0.25, 0.3) is 0 Å². The molecule has 0 unspecified atom stereocenters. The zero-order valence-electron chi connectivity index (χ0n) is 10.1. The van der Waals surface area contributed by atoms with Crippen molar-refractivity contribution in [2.75, 3.05) is 0 Å². The highest BCUT2D eigenvalue weighted by Crippen LogP contribution is 2.39. The standard InChI is InChI=1S/C14H13BrF2O2/c15-10-5-6-11(14(18)19)12(7-10)8-1-3-9(4-2-8)13(16)17/h5-8H,1-4H2,(H,18,19). The quantitative estimate of drug-likeness (QED) is 0.832. The summed E-state index contributed by atoms with van der Waals surface area (Å²) in [6.07, 6.45) is 0.260. The largest absolute Gasteiger partial charge is 0.478 e. The van der Waals surface area contributed by atoms with Crippen LogP contribution in [-0.4, -0.2) is 11.1 Å². The van der Waals surface area contributed by atoms with Gasteiger partial charge < -0.3 is 5.11 Å². The second kappa shape index (κ2) is 5.82. The van der Waals surface area contributed by atoms with Gasteiger partial charge in [-0.15, -0.1) is 0 Å². The van der Waals surface area contributed by atoms with Crippen LogP contribution in [0.15, 0.2) is 34.3 Å². The molecule has 0 saturated heterocycles. The van der Waals surface area contributed by atoms with Crippen molar-refractivity contribution in [1.29, 1.82) is 0 Å². The average Bonchev–Trinajstić information content (AvgIpc) is 2.38. The summed E-state index contributed by atoms with van der Waals surface area (Å²) in [7, 11) is 0. The van der Waals surface area contributed by atoms with Gasteiger partial charge in [0.25, 0.3) is 6.08 Å². The van der Waals surface area contributed by atoms with Crippen LogP contribution >= 0.6 is 15.9 Å². The number of aromatic carboxylic acids is 1. The summed E-state index contributed by atoms with van der Waals surface area (Å²) in [5.74, 6) is -0.938. The van der Waals surface area contributed by atoms with Crippen LogP contribution in [0.1, 0.15) is 47.5 Å². The Bertz CT molecular complexity index is 526. The number of carboxylic acid groups (broad SMARTS) is 1. The molecule has 102 valence electrons. The molecular formula is C14H13BrF2O2. The monoisotopic (exact) mass is 330 g/mol. The molecule has 1 aliphatic rings. The lowest BCUT2D eigenvalue weighted by molar-refractivity contribution is 0.0695. The fourth-order valence-electron chi connectivity index (χ4n) is 2.53. The molecule has 2 rings (SSSR count). The molecule has 0 aliphatic heterocycles. The zero-order valence-corrected chi connectivity index (χ0v) is 11.7. The third-order valence-corrected chi connectivity index (χ3v) is 4.03. The summed E-state index contributed by atoms with van der Waals surface area (Å²) in [6.45, 7) is 0. The molecule has 0 bridgehead atoms. The van der Waals surface area contributed by atoms with Gasteiger partial charge in [-0.3, -0.25) is 0 Å². The average molecular weight is 331 g/mol. The van der Waals surface area contributed by atoms with Gasteiger partial charge in [-0.05, 0) is 60.9 Å². The first-order chi connectivity index (χ1) is 8.99. The van der Waals surface area contributed by atoms with E-state index in [-0.39, 0.29) is 17.1 Å². The van der Waals surface area contributed by atoms with Crippen molar-refractivity contribution in [2.45, 2.75) is 31.6 Å². The number of allylic oxidation sites excluding steroid dienone is 1. The number of rotatable bonds is 2. The molecule has 5 heteroatoms. The van der Waals surface area contributed by atoms with Crippen molar-refractivity contribution >= 4 is 21.9 Å². The predicted molar refractivity (Wildman–Crippen MR) is 71.6 cm³/mol. The first-order valence-corrected chi connectivity index (χ1v) is 6.84. The normalized spacial score (nSPS) is 19.3. The maximum atomic E-state index is 12.5. The van der Waals surface area contributed by atoms with Gasteiger partial charge in [0.2, 0.25) is 0 Å². The summed E-state index contributed by atoms with van der Waals surface area (Å²) in [5, 5.41) is 9.18. The van der Waals surface area contributed by atoms with Crippen molar-refractivity contribution < 1.29 is 18.7 Å². The molecule has 1 aliphatic carbocycles. The Labute approximate surface area is 118 Å². The van der Waals surface area contributed by atoms with Crippen LogP contribution < -0.4 is 0 Å². The SMILES string of the molecule is O=C(O)c1ccc(Br)cc1C1CCC(=C(F)F)CC1. The number of benzene rings is 1. The van der Waals surface area contributed by atoms with Crippen molar-refractivity contribution in [3.8, 4) is 0 Å². The van der Waals surface area contributed by atoms with E-state index in [2.05, 4.69) is 15.9 Å². The Hall–Kier alpha value is -1.23. The molecule has 1 aromatic carbocycles. The molecular weight excluding hydrogens is 318 g/mol. The molecule has 0 radical (unpaired) electrons. The third kappa shape index (κ3) is 3.21. The minimum Gasteiger partial charge on any atom is -0.478 e. The van der Waals surface area contributed by atoms with Gasteiger partial charge in [0, 0.05) is 4.47 Å². The van der Waals surface area contributed by atoms with Crippen molar-refractivity contribution in [1.82, 2.24) is 0 Å². The lowest BCUT2D eigenvalue weighted by atomic mass is 9.80. The van der Waals surface area contributed by atoms with Crippen LogP contribution in [0.3, 0.4) is 0 Å². The first-order valence-electron chi connectivity index (χ1n) is 6.04. The fraction of sp³-hybridized carbons (Fsp3) is 0.357. The van der Waals surface area contributed by atoms with Crippen LogP contribution in [0.4, 0.5) is 8.78 Å². The Morgan fingerprint density at radius 1 is 1.26 bits per heavy atom. The van der Waals surface area contributed by atoms with E-state index >= 15 is 0 Å². The van der Waals surface area contributed by atoms with Crippen LogP contribution in [-0.2, 0) is 0 Å². The van der Waals surface area contributed by atoms with Gasteiger partial charge in [-0.2, -0.15) is 8.78 Å². The van der Waals surface area contributed by atoms with Gasteiger partial charge in [-0.1, -0.05) is 15.9 Å². The minimum absolute atomic E-state index is 0.0340. The molecule has 2 nitrogen and oxygen atoms in total. The smallest absolute Gasteiger partial charge is 0.335 e. The first kappa shape index (κ1) is 14.2. The molecule has 1 N–H and O–H groups in total. The highest BCUT2D eigenvalue weighted by molar-refractivity contribution is 9.10. The van der Waals surface area contributed by atoms with Crippen LogP contribution in [0.2, 0.25) is 0 Å².